The summed E-state index contributed by atoms with van der Waals surface area (Å²) in [6.45, 7) is 0. The van der Waals surface area contributed by atoms with Gasteiger partial charge in [-0.2, -0.15) is 5.10 Å². The maximum Gasteiger partial charge on any atom is 0.131 e. The number of rotatable bonds is 3. The fraction of sp³-hybridized carbons (Fsp3) is 0.133. The third kappa shape index (κ3) is 1.96. The number of fused-ring (bicyclic) bond motifs is 1. The van der Waals surface area contributed by atoms with E-state index in [0.717, 1.165) is 11.1 Å². The van der Waals surface area contributed by atoms with Gasteiger partial charge in [0.05, 0.1) is 17.8 Å². The van der Waals surface area contributed by atoms with Crippen molar-refractivity contribution in [2.45, 2.75) is 6.04 Å². The fourth-order valence-electron chi connectivity index (χ4n) is 2.42. The van der Waals surface area contributed by atoms with Gasteiger partial charge in [-0.25, -0.2) is 13.3 Å². The number of pyridine rings is 1. The van der Waals surface area contributed by atoms with Gasteiger partial charge in [0.25, 0.3) is 0 Å². The maximum atomic E-state index is 14.0. The highest BCUT2D eigenvalue weighted by Gasteiger charge is 2.23. The van der Waals surface area contributed by atoms with Crippen molar-refractivity contribution in [3.8, 4) is 0 Å². The summed E-state index contributed by atoms with van der Waals surface area (Å²) < 4.78 is 29.6. The number of benzene rings is 1. The van der Waals surface area contributed by atoms with Crippen molar-refractivity contribution in [3.63, 3.8) is 0 Å². The largest absolute Gasteiger partial charge is 0.309 e. The third-order valence-electron chi connectivity index (χ3n) is 3.34. The van der Waals surface area contributed by atoms with Gasteiger partial charge in [-0.05, 0) is 31.3 Å². The third-order valence-corrected chi connectivity index (χ3v) is 3.34. The molecule has 2 heterocycles. The topological polar surface area (TPSA) is 29.3 Å². The molecule has 5 heteroatoms. The second kappa shape index (κ2) is 5.02. The zero-order valence-electron chi connectivity index (χ0n) is 10.8. The molecule has 3 nitrogen and oxygen atoms in total. The Hall–Kier alpha value is -2.27. The van der Waals surface area contributed by atoms with Gasteiger partial charge in [-0.1, -0.05) is 12.1 Å². The Morgan fingerprint density at radius 2 is 1.85 bits per heavy atom. The lowest BCUT2D eigenvalue weighted by Crippen LogP contribution is -2.20. The number of halogens is 2. The minimum absolute atomic E-state index is 0.00810. The summed E-state index contributed by atoms with van der Waals surface area (Å²) in [5.41, 5.74) is 1.56. The van der Waals surface area contributed by atoms with Crippen molar-refractivity contribution in [1.82, 2.24) is 14.9 Å². The Balaban J connectivity index is 2.20. The van der Waals surface area contributed by atoms with Crippen molar-refractivity contribution in [2.75, 3.05) is 7.05 Å². The molecule has 1 N–H and O–H groups in total. The summed E-state index contributed by atoms with van der Waals surface area (Å²) in [5, 5.41) is 7.17. The average molecular weight is 273 g/mol. The molecule has 1 atom stereocenters. The molecule has 0 saturated heterocycles. The molecule has 1 aromatic carbocycles. The van der Waals surface area contributed by atoms with E-state index in [0.29, 0.717) is 0 Å². The van der Waals surface area contributed by atoms with Crippen molar-refractivity contribution in [2.24, 2.45) is 0 Å². The Kier molecular flexibility index (Phi) is 3.20. The van der Waals surface area contributed by atoms with E-state index < -0.39 is 17.7 Å². The molecule has 0 amide bonds. The lowest BCUT2D eigenvalue weighted by molar-refractivity contribution is 0.523. The van der Waals surface area contributed by atoms with Crippen LogP contribution in [0.3, 0.4) is 0 Å². The molecule has 20 heavy (non-hydrogen) atoms. The van der Waals surface area contributed by atoms with Gasteiger partial charge >= 0.3 is 0 Å². The molecule has 0 spiro atoms. The standard InChI is InChI=1S/C15H13F2N3/c1-18-15(14-11(16)5-4-6-12(14)17)10-9-19-20-8-3-2-7-13(10)20/h2-9,15,18H,1H3. The van der Waals surface area contributed by atoms with Gasteiger partial charge in [-0.3, -0.25) is 0 Å². The van der Waals surface area contributed by atoms with Crippen LogP contribution in [-0.4, -0.2) is 16.7 Å². The molecule has 3 aromatic rings. The van der Waals surface area contributed by atoms with Crippen LogP contribution in [-0.2, 0) is 0 Å². The molecular weight excluding hydrogens is 260 g/mol. The SMILES string of the molecule is CNC(c1c(F)cccc1F)c1cnn2ccccc12. The minimum Gasteiger partial charge on any atom is -0.309 e. The number of hydrogen-bond acceptors (Lipinski definition) is 2. The van der Waals surface area contributed by atoms with E-state index in [-0.39, 0.29) is 5.56 Å². The molecule has 1 unspecified atom stereocenters. The number of nitrogens with one attached hydrogen (secondary N) is 1. The Morgan fingerprint density at radius 1 is 1.10 bits per heavy atom. The highest BCUT2D eigenvalue weighted by atomic mass is 19.1. The number of hydrogen-bond donors (Lipinski definition) is 1. The molecule has 0 aliphatic carbocycles. The summed E-state index contributed by atoms with van der Waals surface area (Å²) in [4.78, 5) is 0. The van der Waals surface area contributed by atoms with Crippen LogP contribution in [0.5, 0.6) is 0 Å². The van der Waals surface area contributed by atoms with Gasteiger partial charge in [0.15, 0.2) is 0 Å². The van der Waals surface area contributed by atoms with Gasteiger partial charge in [0, 0.05) is 17.3 Å². The summed E-state index contributed by atoms with van der Waals surface area (Å²) in [5.74, 6) is -1.14. The average Bonchev–Trinajstić information content (AvgIpc) is 2.87. The van der Waals surface area contributed by atoms with Crippen LogP contribution in [0.1, 0.15) is 17.2 Å². The van der Waals surface area contributed by atoms with Crippen LogP contribution in [0, 0.1) is 11.6 Å². The monoisotopic (exact) mass is 273 g/mol. The van der Waals surface area contributed by atoms with Crippen molar-refractivity contribution in [1.29, 1.82) is 0 Å². The van der Waals surface area contributed by atoms with Crippen LogP contribution in [0.15, 0.2) is 48.8 Å². The van der Waals surface area contributed by atoms with E-state index in [4.69, 9.17) is 0 Å². The van der Waals surface area contributed by atoms with E-state index in [1.165, 1.54) is 18.2 Å². The minimum atomic E-state index is -0.587. The smallest absolute Gasteiger partial charge is 0.131 e. The predicted molar refractivity (Wildman–Crippen MR) is 72.5 cm³/mol. The molecule has 2 aromatic heterocycles. The molecule has 0 bridgehead atoms. The van der Waals surface area contributed by atoms with Crippen molar-refractivity contribution >= 4 is 5.52 Å². The van der Waals surface area contributed by atoms with Crippen LogP contribution in [0.25, 0.3) is 5.52 Å². The zero-order valence-corrected chi connectivity index (χ0v) is 10.8. The van der Waals surface area contributed by atoms with Crippen molar-refractivity contribution in [3.05, 3.63) is 71.6 Å². The number of aromatic nitrogens is 2. The van der Waals surface area contributed by atoms with Crippen molar-refractivity contribution < 1.29 is 8.78 Å². The second-order valence-corrected chi connectivity index (χ2v) is 4.49. The zero-order chi connectivity index (χ0) is 14.1. The van der Waals surface area contributed by atoms with Crippen LogP contribution in [0.2, 0.25) is 0 Å². The van der Waals surface area contributed by atoms with E-state index in [1.807, 2.05) is 18.2 Å². The first-order chi connectivity index (χ1) is 9.72. The van der Waals surface area contributed by atoms with Crippen LogP contribution < -0.4 is 5.32 Å². The first kappa shape index (κ1) is 12.7. The van der Waals surface area contributed by atoms with E-state index in [2.05, 4.69) is 10.4 Å². The molecular formula is C15H13F2N3. The molecule has 0 radical (unpaired) electrons. The van der Waals surface area contributed by atoms with Crippen LogP contribution >= 0.6 is 0 Å². The predicted octanol–water partition coefficient (Wildman–Crippen LogP) is 2.92. The highest BCUT2D eigenvalue weighted by Crippen LogP contribution is 2.29. The fourth-order valence-corrected chi connectivity index (χ4v) is 2.42. The summed E-state index contributed by atoms with van der Waals surface area (Å²) >= 11 is 0. The molecule has 102 valence electrons. The van der Waals surface area contributed by atoms with Gasteiger partial charge < -0.3 is 5.32 Å². The lowest BCUT2D eigenvalue weighted by Gasteiger charge is -2.17. The quantitative estimate of drug-likeness (QED) is 0.795. The molecule has 0 saturated carbocycles. The van der Waals surface area contributed by atoms with E-state index >= 15 is 0 Å². The second-order valence-electron chi connectivity index (χ2n) is 4.49. The molecule has 0 aliphatic rings. The highest BCUT2D eigenvalue weighted by molar-refractivity contribution is 5.57. The normalized spacial score (nSPS) is 12.8. The number of nitrogens with zero attached hydrogens (tertiary/aromatic N) is 2. The Morgan fingerprint density at radius 3 is 2.55 bits per heavy atom. The van der Waals surface area contributed by atoms with Crippen LogP contribution in [0.4, 0.5) is 8.78 Å². The van der Waals surface area contributed by atoms with Gasteiger partial charge in [0.1, 0.15) is 11.6 Å². The lowest BCUT2D eigenvalue weighted by atomic mass is 9.99. The van der Waals surface area contributed by atoms with Gasteiger partial charge in [0.2, 0.25) is 0 Å². The molecule has 0 aliphatic heterocycles. The summed E-state index contributed by atoms with van der Waals surface area (Å²) in [6, 6.07) is 8.87. The van der Waals surface area contributed by atoms with Gasteiger partial charge in [-0.15, -0.1) is 0 Å². The molecule has 3 rings (SSSR count). The molecule has 0 fully saturated rings. The van der Waals surface area contributed by atoms with E-state index in [1.54, 1.807) is 24.0 Å². The first-order valence-corrected chi connectivity index (χ1v) is 6.26. The first-order valence-electron chi connectivity index (χ1n) is 6.26. The summed E-state index contributed by atoms with van der Waals surface area (Å²) in [7, 11) is 1.67. The maximum absolute atomic E-state index is 14.0. The summed E-state index contributed by atoms with van der Waals surface area (Å²) in [6.07, 6.45) is 3.42. The Bertz CT molecular complexity index is 731. The Labute approximate surface area is 114 Å². The van der Waals surface area contributed by atoms with E-state index in [9.17, 15) is 8.78 Å².